The van der Waals surface area contributed by atoms with Gasteiger partial charge in [0, 0.05) is 37.9 Å². The summed E-state index contributed by atoms with van der Waals surface area (Å²) in [5.74, 6) is -0.00909. The highest BCUT2D eigenvalue weighted by molar-refractivity contribution is 7.18. The second kappa shape index (κ2) is 9.08. The first-order chi connectivity index (χ1) is 16.0. The lowest BCUT2D eigenvalue weighted by molar-refractivity contribution is 0.0776. The van der Waals surface area contributed by atoms with Crippen LogP contribution < -0.4 is 0 Å². The van der Waals surface area contributed by atoms with Crippen molar-refractivity contribution in [2.24, 2.45) is 7.05 Å². The predicted molar refractivity (Wildman–Crippen MR) is 132 cm³/mol. The van der Waals surface area contributed by atoms with E-state index in [0.717, 1.165) is 47.5 Å². The van der Waals surface area contributed by atoms with Gasteiger partial charge in [-0.3, -0.25) is 14.4 Å². The minimum Gasteiger partial charge on any atom is -0.336 e. The van der Waals surface area contributed by atoms with Crippen molar-refractivity contribution in [3.05, 3.63) is 82.1 Å². The van der Waals surface area contributed by atoms with Crippen molar-refractivity contribution in [3.8, 4) is 0 Å². The molecule has 6 nitrogen and oxygen atoms in total. The zero-order valence-corrected chi connectivity index (χ0v) is 20.2. The Balaban J connectivity index is 1.32. The summed E-state index contributed by atoms with van der Waals surface area (Å²) in [6, 6.07) is 18.7. The fourth-order valence-corrected chi connectivity index (χ4v) is 5.79. The van der Waals surface area contributed by atoms with Gasteiger partial charge in [-0.1, -0.05) is 42.5 Å². The van der Waals surface area contributed by atoms with Gasteiger partial charge in [0.15, 0.2) is 5.69 Å². The Morgan fingerprint density at radius 3 is 2.64 bits per heavy atom. The standard InChI is InChI=1S/C26H29N5OS/c1-29(17-24-27-21-11-7-8-12-23(21)33-24)19-13-14-22-20(15-19)25(28-31(22)3)26(32)30(2)16-18-9-5-4-6-10-18/h4-12,19H,13-17H2,1-3H3. The number of hydrogen-bond acceptors (Lipinski definition) is 5. The summed E-state index contributed by atoms with van der Waals surface area (Å²) in [7, 11) is 5.98. The Morgan fingerprint density at radius 2 is 1.85 bits per heavy atom. The average Bonchev–Trinajstić information content (AvgIpc) is 3.39. The highest BCUT2D eigenvalue weighted by Gasteiger charge is 2.31. The van der Waals surface area contributed by atoms with Crippen molar-refractivity contribution in [3.63, 3.8) is 0 Å². The van der Waals surface area contributed by atoms with Crippen molar-refractivity contribution in [2.75, 3.05) is 14.1 Å². The molecule has 2 aromatic heterocycles. The molecule has 2 heterocycles. The predicted octanol–water partition coefficient (Wildman–Crippen LogP) is 4.29. The van der Waals surface area contributed by atoms with Gasteiger partial charge in [0.2, 0.25) is 0 Å². The summed E-state index contributed by atoms with van der Waals surface area (Å²) in [6.07, 6.45) is 2.83. The average molecular weight is 460 g/mol. The third-order valence-electron chi connectivity index (χ3n) is 6.59. The normalized spacial score (nSPS) is 15.7. The van der Waals surface area contributed by atoms with E-state index < -0.39 is 0 Å². The number of carbonyl (C=O) groups excluding carboxylic acids is 1. The molecule has 0 saturated heterocycles. The molecule has 1 atom stereocenters. The van der Waals surface area contributed by atoms with E-state index in [0.29, 0.717) is 18.3 Å². The summed E-state index contributed by atoms with van der Waals surface area (Å²) in [4.78, 5) is 22.3. The lowest BCUT2D eigenvalue weighted by atomic mass is 9.90. The SMILES string of the molecule is CN(Cc1ccccc1)C(=O)c1nn(C)c2c1CC(N(C)Cc1nc3ccccc3s1)CC2. The van der Waals surface area contributed by atoms with Crippen LogP contribution in [0.15, 0.2) is 54.6 Å². The molecule has 2 aromatic carbocycles. The molecule has 4 aromatic rings. The molecule has 7 heteroatoms. The molecule has 170 valence electrons. The van der Waals surface area contributed by atoms with E-state index in [9.17, 15) is 4.79 Å². The molecule has 33 heavy (non-hydrogen) atoms. The molecule has 1 aliphatic carbocycles. The van der Waals surface area contributed by atoms with Gasteiger partial charge in [-0.05, 0) is 44.0 Å². The molecule has 0 aliphatic heterocycles. The molecule has 0 radical (unpaired) electrons. The number of carbonyl (C=O) groups is 1. The summed E-state index contributed by atoms with van der Waals surface area (Å²) in [6.45, 7) is 1.39. The Labute approximate surface area is 198 Å². The van der Waals surface area contributed by atoms with Crippen LogP contribution in [0.1, 0.15) is 38.7 Å². The first-order valence-corrected chi connectivity index (χ1v) is 12.2. The van der Waals surface area contributed by atoms with Crippen molar-refractivity contribution in [1.29, 1.82) is 0 Å². The number of hydrogen-bond donors (Lipinski definition) is 0. The summed E-state index contributed by atoms with van der Waals surface area (Å²) >= 11 is 1.76. The van der Waals surface area contributed by atoms with E-state index in [1.54, 1.807) is 16.2 Å². The molecule has 0 saturated carbocycles. The Morgan fingerprint density at radius 1 is 1.09 bits per heavy atom. The minimum absolute atomic E-state index is 0.00909. The smallest absolute Gasteiger partial charge is 0.274 e. The van der Waals surface area contributed by atoms with Crippen LogP contribution >= 0.6 is 11.3 Å². The van der Waals surface area contributed by atoms with Crippen LogP contribution in [-0.2, 0) is 33.0 Å². The first kappa shape index (κ1) is 21.8. The zero-order chi connectivity index (χ0) is 22.9. The van der Waals surface area contributed by atoms with Crippen LogP contribution in [0.5, 0.6) is 0 Å². The Bertz CT molecular complexity index is 1250. The number of para-hydroxylation sites is 1. The zero-order valence-electron chi connectivity index (χ0n) is 19.4. The summed E-state index contributed by atoms with van der Waals surface area (Å²) < 4.78 is 3.14. The van der Waals surface area contributed by atoms with Crippen LogP contribution in [0.4, 0.5) is 0 Å². The molecular weight excluding hydrogens is 430 g/mol. The first-order valence-electron chi connectivity index (χ1n) is 11.4. The van der Waals surface area contributed by atoms with Crippen molar-refractivity contribution in [2.45, 2.75) is 38.4 Å². The number of likely N-dealkylation sites (N-methyl/N-ethyl adjacent to an activating group) is 1. The van der Waals surface area contributed by atoms with Gasteiger partial charge < -0.3 is 4.90 Å². The van der Waals surface area contributed by atoms with Gasteiger partial charge in [0.05, 0.1) is 16.8 Å². The molecule has 5 rings (SSSR count). The number of fused-ring (bicyclic) bond motifs is 2. The molecular formula is C26H29N5OS. The number of benzene rings is 2. The molecule has 0 N–H and O–H groups in total. The second-order valence-corrected chi connectivity index (χ2v) is 10.0. The van der Waals surface area contributed by atoms with E-state index in [2.05, 4.69) is 35.2 Å². The molecule has 1 unspecified atom stereocenters. The lowest BCUT2D eigenvalue weighted by Gasteiger charge is -2.31. The maximum Gasteiger partial charge on any atom is 0.274 e. The van der Waals surface area contributed by atoms with Gasteiger partial charge >= 0.3 is 0 Å². The van der Waals surface area contributed by atoms with Crippen molar-refractivity contribution in [1.82, 2.24) is 24.6 Å². The van der Waals surface area contributed by atoms with Gasteiger partial charge in [-0.25, -0.2) is 4.98 Å². The number of nitrogens with zero attached hydrogens (tertiary/aromatic N) is 5. The molecule has 1 aliphatic rings. The van der Waals surface area contributed by atoms with E-state index in [1.807, 2.05) is 55.2 Å². The van der Waals surface area contributed by atoms with Crippen LogP contribution in [0.2, 0.25) is 0 Å². The second-order valence-electron chi connectivity index (χ2n) is 8.93. The van der Waals surface area contributed by atoms with Gasteiger partial charge in [-0.15, -0.1) is 11.3 Å². The van der Waals surface area contributed by atoms with Crippen molar-refractivity contribution >= 4 is 27.5 Å². The van der Waals surface area contributed by atoms with Gasteiger partial charge in [0.25, 0.3) is 5.91 Å². The van der Waals surface area contributed by atoms with E-state index >= 15 is 0 Å². The third-order valence-corrected chi connectivity index (χ3v) is 7.61. The molecule has 0 spiro atoms. The maximum atomic E-state index is 13.3. The van der Waals surface area contributed by atoms with Crippen LogP contribution in [0.25, 0.3) is 10.2 Å². The largest absolute Gasteiger partial charge is 0.336 e. The highest BCUT2D eigenvalue weighted by Crippen LogP contribution is 2.29. The van der Waals surface area contributed by atoms with E-state index in [-0.39, 0.29) is 5.91 Å². The fourth-order valence-electron chi connectivity index (χ4n) is 4.76. The topological polar surface area (TPSA) is 54.3 Å². The van der Waals surface area contributed by atoms with Crippen LogP contribution in [0.3, 0.4) is 0 Å². The maximum absolute atomic E-state index is 13.3. The minimum atomic E-state index is -0.00909. The van der Waals surface area contributed by atoms with Gasteiger partial charge in [0.1, 0.15) is 5.01 Å². The lowest BCUT2D eigenvalue weighted by Crippen LogP contribution is -2.37. The molecule has 0 fully saturated rings. The summed E-state index contributed by atoms with van der Waals surface area (Å²) in [5, 5.41) is 5.79. The summed E-state index contributed by atoms with van der Waals surface area (Å²) in [5.41, 5.74) is 5.08. The molecule has 0 bridgehead atoms. The Kier molecular flexibility index (Phi) is 6.00. The van der Waals surface area contributed by atoms with E-state index in [1.165, 1.54) is 10.4 Å². The number of aryl methyl sites for hydroxylation is 1. The quantitative estimate of drug-likeness (QED) is 0.432. The highest BCUT2D eigenvalue weighted by atomic mass is 32.1. The number of thiazole rings is 1. The third kappa shape index (κ3) is 4.43. The number of rotatable bonds is 6. The van der Waals surface area contributed by atoms with Crippen LogP contribution in [0, 0.1) is 0 Å². The van der Waals surface area contributed by atoms with E-state index in [4.69, 9.17) is 4.98 Å². The monoisotopic (exact) mass is 459 g/mol. The fraction of sp³-hybridized carbons (Fsp3) is 0.346. The Hall–Kier alpha value is -3.03. The van der Waals surface area contributed by atoms with Crippen LogP contribution in [-0.4, -0.2) is 50.6 Å². The van der Waals surface area contributed by atoms with Gasteiger partial charge in [-0.2, -0.15) is 5.10 Å². The molecule has 1 amide bonds. The number of aromatic nitrogens is 3. The number of amides is 1. The van der Waals surface area contributed by atoms with Crippen molar-refractivity contribution < 1.29 is 4.79 Å².